The Balaban J connectivity index is 1.41. The Morgan fingerprint density at radius 2 is 2.09 bits per heavy atom. The van der Waals surface area contributed by atoms with E-state index < -0.39 is 0 Å². The molecule has 2 aromatic rings. The Kier molecular flexibility index (Phi) is 3.41. The molecule has 0 bridgehead atoms. The van der Waals surface area contributed by atoms with Crippen LogP contribution in [0.15, 0.2) is 9.90 Å². The van der Waals surface area contributed by atoms with E-state index >= 15 is 0 Å². The second kappa shape index (κ2) is 5.31. The fourth-order valence-corrected chi connectivity index (χ4v) is 4.05. The number of nitrogens with zero attached hydrogens (tertiary/aromatic N) is 4. The number of anilines is 1. The van der Waals surface area contributed by atoms with E-state index in [9.17, 15) is 0 Å². The molecule has 0 aromatic carbocycles. The molecule has 2 aromatic heterocycles. The van der Waals surface area contributed by atoms with Crippen molar-refractivity contribution in [3.05, 3.63) is 22.8 Å². The van der Waals surface area contributed by atoms with Crippen LogP contribution in [0, 0.1) is 6.92 Å². The molecule has 2 N–H and O–H groups in total. The summed E-state index contributed by atoms with van der Waals surface area (Å²) in [5, 5.41) is 7.36. The van der Waals surface area contributed by atoms with Gasteiger partial charge in [-0.15, -0.1) is 11.3 Å². The molecule has 1 saturated heterocycles. The summed E-state index contributed by atoms with van der Waals surface area (Å²) in [6.45, 7) is 4.02. The molecule has 0 atom stereocenters. The quantitative estimate of drug-likeness (QED) is 0.936. The minimum Gasteiger partial charge on any atom is -0.348 e. The topological polar surface area (TPSA) is 81.1 Å². The van der Waals surface area contributed by atoms with Crippen molar-refractivity contribution in [3.63, 3.8) is 0 Å². The van der Waals surface area contributed by atoms with Gasteiger partial charge in [0.25, 0.3) is 0 Å². The van der Waals surface area contributed by atoms with Crippen molar-refractivity contribution in [1.29, 1.82) is 0 Å². The molecule has 4 rings (SSSR count). The van der Waals surface area contributed by atoms with Crippen LogP contribution in [0.3, 0.4) is 0 Å². The molecule has 0 spiro atoms. The highest BCUT2D eigenvalue weighted by atomic mass is 32.1. The number of aromatic nitrogens is 3. The van der Waals surface area contributed by atoms with Crippen LogP contribution < -0.4 is 10.6 Å². The predicted octanol–water partition coefficient (Wildman–Crippen LogP) is 2.56. The molecule has 22 heavy (non-hydrogen) atoms. The number of hydrogen-bond donors (Lipinski definition) is 1. The highest BCUT2D eigenvalue weighted by Crippen LogP contribution is 2.38. The summed E-state index contributed by atoms with van der Waals surface area (Å²) in [5.74, 6) is 1.82. The van der Waals surface area contributed by atoms with E-state index in [0.717, 1.165) is 61.9 Å². The second-order valence-electron chi connectivity index (χ2n) is 6.50. The Morgan fingerprint density at radius 1 is 1.32 bits per heavy atom. The molecule has 1 aliphatic carbocycles. The van der Waals surface area contributed by atoms with E-state index in [1.807, 2.05) is 6.92 Å². The third-order valence-electron chi connectivity index (χ3n) is 4.85. The monoisotopic (exact) mass is 319 g/mol. The third-order valence-corrected chi connectivity index (χ3v) is 5.87. The second-order valence-corrected chi connectivity index (χ2v) is 7.34. The van der Waals surface area contributed by atoms with Gasteiger partial charge in [0.2, 0.25) is 5.89 Å². The predicted molar refractivity (Wildman–Crippen MR) is 85.1 cm³/mol. The summed E-state index contributed by atoms with van der Waals surface area (Å²) in [5.41, 5.74) is 7.03. The molecule has 0 unspecified atom stereocenters. The van der Waals surface area contributed by atoms with Gasteiger partial charge in [-0.3, -0.25) is 0 Å². The largest absolute Gasteiger partial charge is 0.348 e. The van der Waals surface area contributed by atoms with E-state index in [0.29, 0.717) is 11.7 Å². The molecule has 0 amide bonds. The first-order chi connectivity index (χ1) is 10.6. The van der Waals surface area contributed by atoms with Gasteiger partial charge in [0, 0.05) is 24.4 Å². The zero-order valence-corrected chi connectivity index (χ0v) is 13.6. The van der Waals surface area contributed by atoms with Crippen LogP contribution in [0.1, 0.15) is 55.4 Å². The van der Waals surface area contributed by atoms with Crippen molar-refractivity contribution in [2.45, 2.75) is 50.5 Å². The van der Waals surface area contributed by atoms with E-state index in [-0.39, 0.29) is 5.54 Å². The van der Waals surface area contributed by atoms with Gasteiger partial charge in [-0.05, 0) is 39.0 Å². The van der Waals surface area contributed by atoms with Crippen molar-refractivity contribution in [2.24, 2.45) is 5.73 Å². The number of thiazole rings is 1. The van der Waals surface area contributed by atoms with Crippen LogP contribution in [0.5, 0.6) is 0 Å². The molecular weight excluding hydrogens is 298 g/mol. The molecular formula is C15H21N5OS. The average molecular weight is 319 g/mol. The van der Waals surface area contributed by atoms with Crippen LogP contribution in [0.2, 0.25) is 0 Å². The minimum atomic E-state index is -0.332. The lowest BCUT2D eigenvalue weighted by atomic mass is 9.77. The van der Waals surface area contributed by atoms with Gasteiger partial charge in [-0.25, -0.2) is 4.98 Å². The summed E-state index contributed by atoms with van der Waals surface area (Å²) in [6, 6.07) is 0. The average Bonchev–Trinajstić information content (AvgIpc) is 3.14. The van der Waals surface area contributed by atoms with Crippen molar-refractivity contribution < 1.29 is 4.52 Å². The molecule has 0 radical (unpaired) electrons. The van der Waals surface area contributed by atoms with Crippen LogP contribution in [0.25, 0.3) is 0 Å². The zero-order chi connectivity index (χ0) is 15.2. The lowest BCUT2D eigenvalue weighted by molar-refractivity contribution is 0.228. The van der Waals surface area contributed by atoms with Crippen molar-refractivity contribution in [2.75, 3.05) is 18.0 Å². The van der Waals surface area contributed by atoms with Gasteiger partial charge in [-0.1, -0.05) is 5.16 Å². The first-order valence-corrected chi connectivity index (χ1v) is 8.82. The van der Waals surface area contributed by atoms with Gasteiger partial charge in [0.15, 0.2) is 11.0 Å². The molecule has 118 valence electrons. The Labute approximate surface area is 133 Å². The van der Waals surface area contributed by atoms with Crippen molar-refractivity contribution >= 4 is 16.5 Å². The Bertz CT molecular complexity index is 654. The number of aryl methyl sites for hydroxylation is 1. The Hall–Kier alpha value is -1.47. The van der Waals surface area contributed by atoms with Gasteiger partial charge in [0.05, 0.1) is 11.2 Å². The number of piperidine rings is 1. The van der Waals surface area contributed by atoms with E-state index in [4.69, 9.17) is 10.3 Å². The van der Waals surface area contributed by atoms with Gasteiger partial charge in [-0.2, -0.15) is 4.98 Å². The molecule has 2 fully saturated rings. The van der Waals surface area contributed by atoms with Crippen molar-refractivity contribution in [3.8, 4) is 0 Å². The fraction of sp³-hybridized carbons (Fsp3) is 0.667. The normalized spacial score (nSPS) is 21.8. The van der Waals surface area contributed by atoms with E-state index in [1.54, 1.807) is 11.3 Å². The third kappa shape index (κ3) is 2.42. The fourth-order valence-electron chi connectivity index (χ4n) is 3.19. The van der Waals surface area contributed by atoms with Gasteiger partial charge in [0.1, 0.15) is 0 Å². The molecule has 2 aliphatic rings. The van der Waals surface area contributed by atoms with E-state index in [1.165, 1.54) is 0 Å². The highest BCUT2D eigenvalue weighted by Gasteiger charge is 2.39. The first-order valence-electron chi connectivity index (χ1n) is 7.94. The minimum absolute atomic E-state index is 0.332. The van der Waals surface area contributed by atoms with Crippen molar-refractivity contribution in [1.82, 2.24) is 15.1 Å². The number of hydrogen-bond acceptors (Lipinski definition) is 7. The summed E-state index contributed by atoms with van der Waals surface area (Å²) < 4.78 is 5.50. The maximum absolute atomic E-state index is 6.27. The van der Waals surface area contributed by atoms with Gasteiger partial charge < -0.3 is 15.2 Å². The van der Waals surface area contributed by atoms with Crippen LogP contribution in [0.4, 0.5) is 5.13 Å². The summed E-state index contributed by atoms with van der Waals surface area (Å²) in [4.78, 5) is 11.5. The maximum Gasteiger partial charge on any atom is 0.229 e. The molecule has 1 aliphatic heterocycles. The zero-order valence-electron chi connectivity index (χ0n) is 12.8. The first kappa shape index (κ1) is 14.1. The molecule has 3 heterocycles. The van der Waals surface area contributed by atoms with Crippen LogP contribution in [-0.2, 0) is 5.54 Å². The summed E-state index contributed by atoms with van der Waals surface area (Å²) in [7, 11) is 0. The summed E-state index contributed by atoms with van der Waals surface area (Å²) >= 11 is 1.72. The number of rotatable bonds is 3. The smallest absolute Gasteiger partial charge is 0.229 e. The Morgan fingerprint density at radius 3 is 2.68 bits per heavy atom. The van der Waals surface area contributed by atoms with E-state index in [2.05, 4.69) is 25.4 Å². The lowest BCUT2D eigenvalue weighted by Crippen LogP contribution is -2.44. The molecule has 1 saturated carbocycles. The van der Waals surface area contributed by atoms with Crippen LogP contribution in [-0.4, -0.2) is 28.2 Å². The maximum atomic E-state index is 6.27. The lowest BCUT2D eigenvalue weighted by Gasteiger charge is -2.34. The highest BCUT2D eigenvalue weighted by molar-refractivity contribution is 7.13. The van der Waals surface area contributed by atoms with Gasteiger partial charge >= 0.3 is 0 Å². The summed E-state index contributed by atoms with van der Waals surface area (Å²) in [6.07, 6.45) is 5.14. The van der Waals surface area contributed by atoms with Crippen LogP contribution >= 0.6 is 11.3 Å². The standard InChI is InChI=1S/C15H21N5OS/c1-10-9-22-14(17-10)20-7-3-11(4-8-20)12-18-13(19-21-12)15(16)5-2-6-15/h9,11H,2-8,16H2,1H3. The SMILES string of the molecule is Cc1csc(N2CCC(c3nc(C4(N)CCC4)no3)CC2)n1. The molecule has 6 nitrogen and oxygen atoms in total. The molecule has 7 heteroatoms. The number of nitrogens with two attached hydrogens (primary N) is 1.